The zero-order chi connectivity index (χ0) is 13.5. The van der Waals surface area contributed by atoms with Crippen LogP contribution in [0.5, 0.6) is 17.2 Å². The number of methoxy groups -OCH3 is 3. The second-order valence-electron chi connectivity index (χ2n) is 3.63. The number of hydrogen-bond acceptors (Lipinski definition) is 4. The summed E-state index contributed by atoms with van der Waals surface area (Å²) in [5.41, 5.74) is 0.915. The third kappa shape index (κ3) is 3.82. The molecule has 0 unspecified atom stereocenters. The molecule has 0 aliphatic rings. The number of benzene rings is 1. The van der Waals surface area contributed by atoms with Gasteiger partial charge in [-0.2, -0.15) is 0 Å². The Morgan fingerprint density at radius 2 is 1.72 bits per heavy atom. The van der Waals surface area contributed by atoms with E-state index in [4.69, 9.17) is 25.8 Å². The van der Waals surface area contributed by atoms with E-state index < -0.39 is 0 Å². The third-order valence-corrected chi connectivity index (χ3v) is 2.57. The van der Waals surface area contributed by atoms with Crippen molar-refractivity contribution in [3.05, 3.63) is 29.3 Å². The van der Waals surface area contributed by atoms with Gasteiger partial charge in [-0.1, -0.05) is 18.2 Å². The fourth-order valence-corrected chi connectivity index (χ4v) is 1.67. The zero-order valence-electron chi connectivity index (χ0n) is 10.9. The molecule has 0 radical (unpaired) electrons. The number of halogens is 1. The standard InChI is InChI=1S/C13H18ClNO3/c1-9(14)7-15-8-11-12(17-3)5-10(16-2)6-13(11)18-4/h5-6,15H,1,7-8H2,2-4H3. The van der Waals surface area contributed by atoms with Crippen LogP contribution in [0.15, 0.2) is 23.7 Å². The molecule has 0 aliphatic carbocycles. The number of nitrogens with one attached hydrogen (secondary N) is 1. The topological polar surface area (TPSA) is 39.7 Å². The van der Waals surface area contributed by atoms with Crippen LogP contribution in [0.25, 0.3) is 0 Å². The molecule has 1 rings (SSSR count). The van der Waals surface area contributed by atoms with E-state index in [9.17, 15) is 0 Å². The fourth-order valence-electron chi connectivity index (χ4n) is 1.58. The van der Waals surface area contributed by atoms with Crippen molar-refractivity contribution in [2.24, 2.45) is 0 Å². The smallest absolute Gasteiger partial charge is 0.130 e. The maximum atomic E-state index is 5.70. The molecule has 0 saturated heterocycles. The summed E-state index contributed by atoms with van der Waals surface area (Å²) in [6.45, 7) is 4.72. The molecular formula is C13H18ClNO3. The average molecular weight is 272 g/mol. The summed E-state index contributed by atoms with van der Waals surface area (Å²) in [5.74, 6) is 2.10. The summed E-state index contributed by atoms with van der Waals surface area (Å²) in [6, 6.07) is 3.63. The molecule has 0 fully saturated rings. The van der Waals surface area contributed by atoms with Gasteiger partial charge in [-0.3, -0.25) is 0 Å². The summed E-state index contributed by atoms with van der Waals surface area (Å²) in [4.78, 5) is 0. The summed E-state index contributed by atoms with van der Waals surface area (Å²) < 4.78 is 15.8. The van der Waals surface area contributed by atoms with E-state index in [0.29, 0.717) is 35.4 Å². The van der Waals surface area contributed by atoms with Crippen LogP contribution in [-0.2, 0) is 6.54 Å². The minimum atomic E-state index is 0.528. The Hall–Kier alpha value is -1.39. The second kappa shape index (κ2) is 7.13. The van der Waals surface area contributed by atoms with Crippen LogP contribution in [0.4, 0.5) is 0 Å². The molecule has 5 heteroatoms. The Balaban J connectivity index is 2.95. The Morgan fingerprint density at radius 1 is 1.17 bits per heavy atom. The lowest BCUT2D eigenvalue weighted by Gasteiger charge is -2.15. The van der Waals surface area contributed by atoms with Crippen LogP contribution in [-0.4, -0.2) is 27.9 Å². The van der Waals surface area contributed by atoms with Crippen molar-refractivity contribution in [3.8, 4) is 17.2 Å². The molecular weight excluding hydrogens is 254 g/mol. The highest BCUT2D eigenvalue weighted by Gasteiger charge is 2.12. The predicted molar refractivity (Wildman–Crippen MR) is 72.8 cm³/mol. The molecule has 18 heavy (non-hydrogen) atoms. The number of hydrogen-bond donors (Lipinski definition) is 1. The van der Waals surface area contributed by atoms with Gasteiger partial charge >= 0.3 is 0 Å². The summed E-state index contributed by atoms with van der Waals surface area (Å²) in [6.07, 6.45) is 0. The van der Waals surface area contributed by atoms with Gasteiger partial charge in [0.25, 0.3) is 0 Å². The van der Waals surface area contributed by atoms with Crippen molar-refractivity contribution in [1.29, 1.82) is 0 Å². The van der Waals surface area contributed by atoms with Crippen molar-refractivity contribution in [3.63, 3.8) is 0 Å². The lowest BCUT2D eigenvalue weighted by molar-refractivity contribution is 0.367. The van der Waals surface area contributed by atoms with E-state index >= 15 is 0 Å². The van der Waals surface area contributed by atoms with Gasteiger partial charge in [0.1, 0.15) is 17.2 Å². The maximum Gasteiger partial charge on any atom is 0.130 e. The van der Waals surface area contributed by atoms with Crippen molar-refractivity contribution < 1.29 is 14.2 Å². The van der Waals surface area contributed by atoms with Gasteiger partial charge in [-0.15, -0.1) is 0 Å². The first kappa shape index (κ1) is 14.7. The lowest BCUT2D eigenvalue weighted by Crippen LogP contribution is -2.16. The molecule has 4 nitrogen and oxygen atoms in total. The lowest BCUT2D eigenvalue weighted by atomic mass is 10.1. The average Bonchev–Trinajstić information content (AvgIpc) is 2.37. The molecule has 0 heterocycles. The number of rotatable bonds is 7. The molecule has 0 saturated carbocycles. The molecule has 100 valence electrons. The second-order valence-corrected chi connectivity index (χ2v) is 4.17. The van der Waals surface area contributed by atoms with Crippen molar-refractivity contribution >= 4 is 11.6 Å². The largest absolute Gasteiger partial charge is 0.496 e. The number of ether oxygens (including phenoxy) is 3. The molecule has 0 aliphatic heterocycles. The molecule has 1 aromatic rings. The molecule has 0 atom stereocenters. The normalized spacial score (nSPS) is 10.0. The molecule has 0 aromatic heterocycles. The third-order valence-electron chi connectivity index (χ3n) is 2.44. The summed E-state index contributed by atoms with van der Waals surface area (Å²) in [5, 5.41) is 3.71. The SMILES string of the molecule is C=C(Cl)CNCc1c(OC)cc(OC)cc1OC. The van der Waals surface area contributed by atoms with Crippen LogP contribution >= 0.6 is 11.6 Å². The maximum absolute atomic E-state index is 5.70. The Bertz CT molecular complexity index is 396. The fraction of sp³-hybridized carbons (Fsp3) is 0.385. The molecule has 1 aromatic carbocycles. The van der Waals surface area contributed by atoms with Crippen LogP contribution < -0.4 is 19.5 Å². The molecule has 0 amide bonds. The van der Waals surface area contributed by atoms with Gasteiger partial charge in [-0.25, -0.2) is 0 Å². The minimum Gasteiger partial charge on any atom is -0.496 e. The summed E-state index contributed by atoms with van der Waals surface area (Å²) in [7, 11) is 4.82. The highest BCUT2D eigenvalue weighted by molar-refractivity contribution is 6.29. The minimum absolute atomic E-state index is 0.528. The highest BCUT2D eigenvalue weighted by Crippen LogP contribution is 2.33. The van der Waals surface area contributed by atoms with E-state index in [1.54, 1.807) is 21.3 Å². The Morgan fingerprint density at radius 3 is 2.11 bits per heavy atom. The molecule has 0 bridgehead atoms. The van der Waals surface area contributed by atoms with Gasteiger partial charge in [0.15, 0.2) is 0 Å². The molecule has 0 spiro atoms. The molecule has 1 N–H and O–H groups in total. The predicted octanol–water partition coefficient (Wildman–Crippen LogP) is 2.55. The van der Waals surface area contributed by atoms with Crippen LogP contribution in [0.3, 0.4) is 0 Å². The van der Waals surface area contributed by atoms with Gasteiger partial charge in [-0.05, 0) is 0 Å². The van der Waals surface area contributed by atoms with Gasteiger partial charge < -0.3 is 19.5 Å². The van der Waals surface area contributed by atoms with Gasteiger partial charge in [0.05, 0.1) is 26.9 Å². The van der Waals surface area contributed by atoms with E-state index in [0.717, 1.165) is 5.56 Å². The van der Waals surface area contributed by atoms with Crippen molar-refractivity contribution in [2.75, 3.05) is 27.9 Å². The van der Waals surface area contributed by atoms with Crippen molar-refractivity contribution in [1.82, 2.24) is 5.32 Å². The van der Waals surface area contributed by atoms with Gasteiger partial charge in [0.2, 0.25) is 0 Å². The highest BCUT2D eigenvalue weighted by atomic mass is 35.5. The van der Waals surface area contributed by atoms with E-state index in [1.807, 2.05) is 12.1 Å². The van der Waals surface area contributed by atoms with Crippen molar-refractivity contribution in [2.45, 2.75) is 6.54 Å². The van der Waals surface area contributed by atoms with Crippen LogP contribution in [0.2, 0.25) is 0 Å². The first-order valence-electron chi connectivity index (χ1n) is 5.45. The van der Waals surface area contributed by atoms with E-state index in [2.05, 4.69) is 11.9 Å². The zero-order valence-corrected chi connectivity index (χ0v) is 11.6. The summed E-state index contributed by atoms with van der Waals surface area (Å²) >= 11 is 5.70. The first-order valence-corrected chi connectivity index (χ1v) is 5.83. The van der Waals surface area contributed by atoms with Crippen LogP contribution in [0.1, 0.15) is 5.56 Å². The van der Waals surface area contributed by atoms with E-state index in [1.165, 1.54) is 0 Å². The Labute approximate surface area is 112 Å². The van der Waals surface area contributed by atoms with Crippen LogP contribution in [0, 0.1) is 0 Å². The van der Waals surface area contributed by atoms with Gasteiger partial charge in [0, 0.05) is 30.3 Å². The quantitative estimate of drug-likeness (QED) is 0.827. The first-order chi connectivity index (χ1) is 8.62. The van der Waals surface area contributed by atoms with E-state index in [-0.39, 0.29) is 0 Å². The monoisotopic (exact) mass is 271 g/mol. The Kier molecular flexibility index (Phi) is 5.82.